The van der Waals surface area contributed by atoms with E-state index in [4.69, 9.17) is 4.74 Å². The van der Waals surface area contributed by atoms with Crippen LogP contribution >= 0.6 is 0 Å². The zero-order valence-electron chi connectivity index (χ0n) is 13.0. The molecule has 0 aromatic carbocycles. The lowest BCUT2D eigenvalue weighted by Gasteiger charge is -2.31. The van der Waals surface area contributed by atoms with Crippen molar-refractivity contribution in [1.29, 1.82) is 0 Å². The summed E-state index contributed by atoms with van der Waals surface area (Å²) in [7, 11) is -1.55. The van der Waals surface area contributed by atoms with Crippen molar-refractivity contribution in [3.63, 3.8) is 0 Å². The quantitative estimate of drug-likeness (QED) is 0.848. The maximum Gasteiger partial charge on any atom is 0.244 e. The van der Waals surface area contributed by atoms with Gasteiger partial charge >= 0.3 is 0 Å². The molecule has 1 fully saturated rings. The molecule has 120 valence electrons. The molecule has 21 heavy (non-hydrogen) atoms. The molecule has 2 rings (SSSR count). The van der Waals surface area contributed by atoms with Crippen LogP contribution in [0.2, 0.25) is 0 Å². The Kier molecular flexibility index (Phi) is 5.43. The summed E-state index contributed by atoms with van der Waals surface area (Å²) in [4.78, 5) is 0.370. The summed E-state index contributed by atoms with van der Waals surface area (Å²) in [5.41, 5.74) is 0.968. The van der Waals surface area contributed by atoms with Gasteiger partial charge in [-0.2, -0.15) is 4.31 Å². The molecular formula is C14H25N3O3S. The van der Waals surface area contributed by atoms with E-state index in [1.54, 1.807) is 12.3 Å². The maximum atomic E-state index is 12.7. The molecule has 0 saturated carbocycles. The Morgan fingerprint density at radius 2 is 2.19 bits per heavy atom. The summed E-state index contributed by atoms with van der Waals surface area (Å²) in [5, 5.41) is 3.22. The lowest BCUT2D eigenvalue weighted by atomic mass is 10.2. The molecular weight excluding hydrogens is 290 g/mol. The Balaban J connectivity index is 2.19. The molecule has 6 nitrogen and oxygen atoms in total. The third kappa shape index (κ3) is 3.66. The van der Waals surface area contributed by atoms with Gasteiger partial charge in [-0.05, 0) is 19.0 Å². The van der Waals surface area contributed by atoms with E-state index in [1.807, 2.05) is 25.5 Å². The Hall–Kier alpha value is -0.890. The number of morpholine rings is 1. The van der Waals surface area contributed by atoms with E-state index in [2.05, 4.69) is 5.32 Å². The van der Waals surface area contributed by atoms with Gasteiger partial charge in [0.25, 0.3) is 0 Å². The molecule has 2 heterocycles. The molecule has 0 aliphatic carbocycles. The maximum absolute atomic E-state index is 12.7. The van der Waals surface area contributed by atoms with Crippen LogP contribution in [0.3, 0.4) is 0 Å². The summed E-state index contributed by atoms with van der Waals surface area (Å²) >= 11 is 0. The van der Waals surface area contributed by atoms with Gasteiger partial charge in [0.05, 0.1) is 12.7 Å². The number of ether oxygens (including phenoxy) is 1. The van der Waals surface area contributed by atoms with Gasteiger partial charge in [-0.3, -0.25) is 0 Å². The van der Waals surface area contributed by atoms with Crippen molar-refractivity contribution >= 4 is 10.0 Å². The summed E-state index contributed by atoms with van der Waals surface area (Å²) in [5.74, 6) is 0. The summed E-state index contributed by atoms with van der Waals surface area (Å²) in [6.45, 7) is 6.90. The van der Waals surface area contributed by atoms with Crippen molar-refractivity contribution in [2.24, 2.45) is 7.05 Å². The van der Waals surface area contributed by atoms with Gasteiger partial charge in [-0.15, -0.1) is 0 Å². The highest BCUT2D eigenvalue weighted by molar-refractivity contribution is 7.89. The van der Waals surface area contributed by atoms with Crippen LogP contribution in [-0.2, 0) is 28.4 Å². The Bertz CT molecular complexity index is 568. The third-order valence-corrected chi connectivity index (χ3v) is 5.66. The van der Waals surface area contributed by atoms with Crippen LogP contribution < -0.4 is 5.32 Å². The van der Waals surface area contributed by atoms with E-state index < -0.39 is 10.0 Å². The first-order valence-corrected chi connectivity index (χ1v) is 8.90. The highest BCUT2D eigenvalue weighted by Crippen LogP contribution is 2.21. The number of aromatic nitrogens is 1. The predicted molar refractivity (Wildman–Crippen MR) is 81.6 cm³/mol. The molecule has 7 heteroatoms. The number of hydrogen-bond acceptors (Lipinski definition) is 4. The molecule has 1 saturated heterocycles. The van der Waals surface area contributed by atoms with Crippen LogP contribution in [0, 0.1) is 0 Å². The molecule has 1 aromatic rings. The van der Waals surface area contributed by atoms with Gasteiger partial charge in [-0.25, -0.2) is 8.42 Å². The number of nitrogens with one attached hydrogen (secondary N) is 1. The van der Waals surface area contributed by atoms with E-state index in [0.29, 0.717) is 31.1 Å². The minimum atomic E-state index is -3.43. The molecule has 1 unspecified atom stereocenters. The predicted octanol–water partition coefficient (Wildman–Crippen LogP) is 0.934. The zero-order chi connectivity index (χ0) is 15.5. The zero-order valence-corrected chi connectivity index (χ0v) is 13.8. The first-order chi connectivity index (χ1) is 9.98. The number of hydrogen-bond donors (Lipinski definition) is 1. The van der Waals surface area contributed by atoms with Gasteiger partial charge < -0.3 is 14.6 Å². The largest absolute Gasteiger partial charge is 0.375 e. The average Bonchev–Trinajstić information content (AvgIpc) is 2.87. The standard InChI is InChI=1S/C14H25N3O3S/c1-4-13-10-17(6-7-20-13)21(18,19)14-8-12(9-15-5-2)16(3)11-14/h8,11,13,15H,4-7,9-10H2,1-3H3. The van der Waals surface area contributed by atoms with Crippen LogP contribution in [0.4, 0.5) is 0 Å². The Labute approximate surface area is 127 Å². The summed E-state index contributed by atoms with van der Waals surface area (Å²) < 4.78 is 34.4. The molecule has 1 aromatic heterocycles. The first kappa shape index (κ1) is 16.5. The minimum absolute atomic E-state index is 0.00142. The molecule has 1 atom stereocenters. The lowest BCUT2D eigenvalue weighted by molar-refractivity contribution is -0.00277. The molecule has 1 aliphatic rings. The van der Waals surface area contributed by atoms with E-state index in [9.17, 15) is 8.42 Å². The molecule has 0 amide bonds. The van der Waals surface area contributed by atoms with E-state index in [-0.39, 0.29) is 6.10 Å². The number of sulfonamides is 1. The fraction of sp³-hybridized carbons (Fsp3) is 0.714. The first-order valence-electron chi connectivity index (χ1n) is 7.46. The summed E-state index contributed by atoms with van der Waals surface area (Å²) in [6, 6.07) is 1.76. The highest BCUT2D eigenvalue weighted by atomic mass is 32.2. The van der Waals surface area contributed by atoms with Crippen LogP contribution in [0.1, 0.15) is 26.0 Å². The Morgan fingerprint density at radius 1 is 1.43 bits per heavy atom. The van der Waals surface area contributed by atoms with Crippen LogP contribution in [0.25, 0.3) is 0 Å². The van der Waals surface area contributed by atoms with E-state index in [1.165, 1.54) is 4.31 Å². The lowest BCUT2D eigenvalue weighted by Crippen LogP contribution is -2.45. The van der Waals surface area contributed by atoms with Gasteiger partial charge in [0.15, 0.2) is 0 Å². The highest BCUT2D eigenvalue weighted by Gasteiger charge is 2.31. The van der Waals surface area contributed by atoms with Crippen molar-refractivity contribution in [1.82, 2.24) is 14.2 Å². The van der Waals surface area contributed by atoms with Crippen molar-refractivity contribution in [2.75, 3.05) is 26.2 Å². The van der Waals surface area contributed by atoms with Crippen LogP contribution in [0.15, 0.2) is 17.2 Å². The van der Waals surface area contributed by atoms with Crippen molar-refractivity contribution in [2.45, 2.75) is 37.8 Å². The summed E-state index contributed by atoms with van der Waals surface area (Å²) in [6.07, 6.45) is 2.52. The monoisotopic (exact) mass is 315 g/mol. The second kappa shape index (κ2) is 6.91. The van der Waals surface area contributed by atoms with Gasteiger partial charge in [0.2, 0.25) is 10.0 Å². The van der Waals surface area contributed by atoms with Crippen molar-refractivity contribution < 1.29 is 13.2 Å². The molecule has 0 bridgehead atoms. The molecule has 1 aliphatic heterocycles. The molecule has 0 radical (unpaired) electrons. The van der Waals surface area contributed by atoms with Gasteiger partial charge in [-0.1, -0.05) is 13.8 Å². The normalized spacial score (nSPS) is 20.8. The minimum Gasteiger partial charge on any atom is -0.375 e. The van der Waals surface area contributed by atoms with Crippen molar-refractivity contribution in [3.05, 3.63) is 18.0 Å². The number of rotatable bonds is 6. The van der Waals surface area contributed by atoms with Gasteiger partial charge in [0, 0.05) is 38.6 Å². The van der Waals surface area contributed by atoms with Crippen LogP contribution in [0.5, 0.6) is 0 Å². The second-order valence-corrected chi connectivity index (χ2v) is 7.26. The second-order valence-electron chi connectivity index (χ2n) is 5.32. The topological polar surface area (TPSA) is 63.6 Å². The fourth-order valence-electron chi connectivity index (χ4n) is 2.45. The number of nitrogens with zero attached hydrogens (tertiary/aromatic N) is 2. The Morgan fingerprint density at radius 3 is 2.86 bits per heavy atom. The smallest absolute Gasteiger partial charge is 0.244 e. The van der Waals surface area contributed by atoms with Gasteiger partial charge in [0.1, 0.15) is 4.90 Å². The molecule has 0 spiro atoms. The number of aryl methyl sites for hydroxylation is 1. The van der Waals surface area contributed by atoms with Crippen molar-refractivity contribution in [3.8, 4) is 0 Å². The molecule has 1 N–H and O–H groups in total. The SMILES string of the molecule is CCNCc1cc(S(=O)(=O)N2CCOC(CC)C2)cn1C. The van der Waals surface area contributed by atoms with E-state index in [0.717, 1.165) is 18.7 Å². The third-order valence-electron chi connectivity index (χ3n) is 3.83. The fourth-order valence-corrected chi connectivity index (χ4v) is 4.01. The van der Waals surface area contributed by atoms with E-state index >= 15 is 0 Å². The van der Waals surface area contributed by atoms with Crippen LogP contribution in [-0.4, -0.2) is 49.6 Å². The average molecular weight is 315 g/mol.